The molecule has 18 heavy (non-hydrogen) atoms. The number of aryl methyl sites for hydroxylation is 1. The van der Waals surface area contributed by atoms with E-state index in [2.05, 4.69) is 59.1 Å². The Bertz CT molecular complexity index is 659. The van der Waals surface area contributed by atoms with Crippen LogP contribution in [0.2, 0.25) is 0 Å². The Balaban J connectivity index is 1.85. The molecule has 1 heterocycles. The van der Waals surface area contributed by atoms with E-state index in [4.69, 9.17) is 0 Å². The van der Waals surface area contributed by atoms with Crippen molar-refractivity contribution in [2.24, 2.45) is 7.05 Å². The van der Waals surface area contributed by atoms with Gasteiger partial charge in [-0.15, -0.1) is 11.8 Å². The predicted molar refractivity (Wildman–Crippen MR) is 76.7 cm³/mol. The molecule has 2 nitrogen and oxygen atoms in total. The van der Waals surface area contributed by atoms with Crippen LogP contribution < -0.4 is 0 Å². The summed E-state index contributed by atoms with van der Waals surface area (Å²) >= 11 is 1.82. The van der Waals surface area contributed by atoms with Gasteiger partial charge in [0, 0.05) is 11.9 Å². The van der Waals surface area contributed by atoms with Crippen molar-refractivity contribution in [1.29, 1.82) is 0 Å². The molecule has 0 aliphatic carbocycles. The van der Waals surface area contributed by atoms with Crippen LogP contribution in [-0.4, -0.2) is 9.55 Å². The van der Waals surface area contributed by atoms with Crippen molar-refractivity contribution in [2.45, 2.75) is 10.6 Å². The number of thioether (sulfide) groups is 1. The summed E-state index contributed by atoms with van der Waals surface area (Å²) in [6, 6.07) is 18.7. The van der Waals surface area contributed by atoms with Crippen molar-refractivity contribution in [3.63, 3.8) is 0 Å². The van der Waals surface area contributed by atoms with Gasteiger partial charge in [0.1, 0.15) is 5.82 Å². The van der Waals surface area contributed by atoms with Gasteiger partial charge in [0.15, 0.2) is 0 Å². The molecule has 0 fully saturated rings. The summed E-state index contributed by atoms with van der Waals surface area (Å²) in [5.74, 6) is 2.01. The standard InChI is InChI=1S/C15H14N2S/c1-17-14-10-6-5-9-13(14)16-15(17)11-18-12-7-3-2-4-8-12/h2-10H,11H2,1H3. The van der Waals surface area contributed by atoms with Crippen LogP contribution in [0.4, 0.5) is 0 Å². The predicted octanol–water partition coefficient (Wildman–Crippen LogP) is 3.87. The summed E-state index contributed by atoms with van der Waals surface area (Å²) in [4.78, 5) is 5.95. The smallest absolute Gasteiger partial charge is 0.120 e. The molecule has 3 heteroatoms. The van der Waals surface area contributed by atoms with Crippen LogP contribution in [0.3, 0.4) is 0 Å². The average molecular weight is 254 g/mol. The largest absolute Gasteiger partial charge is 0.330 e. The first-order valence-electron chi connectivity index (χ1n) is 5.93. The lowest BCUT2D eigenvalue weighted by atomic mass is 10.3. The normalized spacial score (nSPS) is 10.9. The van der Waals surface area contributed by atoms with E-state index in [1.807, 2.05) is 23.9 Å². The zero-order chi connectivity index (χ0) is 12.4. The number of imidazole rings is 1. The lowest BCUT2D eigenvalue weighted by Crippen LogP contribution is -1.95. The first-order valence-corrected chi connectivity index (χ1v) is 6.91. The molecule has 0 aliphatic heterocycles. The van der Waals surface area contributed by atoms with Crippen molar-refractivity contribution >= 4 is 22.8 Å². The number of hydrogen-bond donors (Lipinski definition) is 0. The first-order chi connectivity index (χ1) is 8.84. The van der Waals surface area contributed by atoms with Gasteiger partial charge in [-0.3, -0.25) is 0 Å². The molecule has 0 amide bonds. The maximum Gasteiger partial charge on any atom is 0.120 e. The highest BCUT2D eigenvalue weighted by atomic mass is 32.2. The third-order valence-corrected chi connectivity index (χ3v) is 4.00. The summed E-state index contributed by atoms with van der Waals surface area (Å²) in [7, 11) is 2.08. The molecule has 0 unspecified atom stereocenters. The van der Waals surface area contributed by atoms with Crippen molar-refractivity contribution in [3.8, 4) is 0 Å². The molecule has 0 radical (unpaired) electrons. The van der Waals surface area contributed by atoms with Crippen LogP contribution in [-0.2, 0) is 12.8 Å². The fourth-order valence-electron chi connectivity index (χ4n) is 1.99. The van der Waals surface area contributed by atoms with Crippen LogP contribution in [0.5, 0.6) is 0 Å². The second-order valence-corrected chi connectivity index (χ2v) is 5.23. The Labute approximate surface area is 111 Å². The Morgan fingerprint density at radius 1 is 1.00 bits per heavy atom. The quantitative estimate of drug-likeness (QED) is 0.660. The van der Waals surface area contributed by atoms with E-state index in [1.54, 1.807) is 0 Å². The molecule has 0 N–H and O–H groups in total. The molecule has 0 spiro atoms. The minimum Gasteiger partial charge on any atom is -0.330 e. The molecule has 0 saturated carbocycles. The van der Waals surface area contributed by atoms with Gasteiger partial charge < -0.3 is 4.57 Å². The molecule has 3 rings (SSSR count). The molecule has 0 bridgehead atoms. The first kappa shape index (κ1) is 11.4. The maximum absolute atomic E-state index is 4.67. The average Bonchev–Trinajstić information content (AvgIpc) is 2.75. The zero-order valence-electron chi connectivity index (χ0n) is 10.2. The number of para-hydroxylation sites is 2. The second-order valence-electron chi connectivity index (χ2n) is 4.18. The van der Waals surface area contributed by atoms with Crippen molar-refractivity contribution in [3.05, 3.63) is 60.4 Å². The van der Waals surface area contributed by atoms with Gasteiger partial charge in [0.25, 0.3) is 0 Å². The number of nitrogens with zero attached hydrogens (tertiary/aromatic N) is 2. The lowest BCUT2D eigenvalue weighted by molar-refractivity contribution is 0.876. The molecule has 0 atom stereocenters. The van der Waals surface area contributed by atoms with Gasteiger partial charge in [0.05, 0.1) is 16.8 Å². The highest BCUT2D eigenvalue weighted by molar-refractivity contribution is 7.98. The minimum atomic E-state index is 0.898. The van der Waals surface area contributed by atoms with Crippen LogP contribution in [0.25, 0.3) is 11.0 Å². The van der Waals surface area contributed by atoms with E-state index < -0.39 is 0 Å². The van der Waals surface area contributed by atoms with Gasteiger partial charge in [-0.1, -0.05) is 30.3 Å². The molecule has 0 aliphatic rings. The maximum atomic E-state index is 4.67. The summed E-state index contributed by atoms with van der Waals surface area (Å²) < 4.78 is 2.17. The van der Waals surface area contributed by atoms with Crippen LogP contribution in [0.15, 0.2) is 59.5 Å². The zero-order valence-corrected chi connectivity index (χ0v) is 11.0. The van der Waals surface area contributed by atoms with Crippen LogP contribution in [0, 0.1) is 0 Å². The third kappa shape index (κ3) is 2.14. The molecule has 90 valence electrons. The molecule has 0 saturated heterocycles. The van der Waals surface area contributed by atoms with Crippen LogP contribution >= 0.6 is 11.8 Å². The number of aromatic nitrogens is 2. The highest BCUT2D eigenvalue weighted by Crippen LogP contribution is 2.23. The summed E-state index contributed by atoms with van der Waals surface area (Å²) in [5.41, 5.74) is 2.27. The van der Waals surface area contributed by atoms with Gasteiger partial charge in [-0.2, -0.15) is 0 Å². The van der Waals surface area contributed by atoms with E-state index in [0.29, 0.717) is 0 Å². The second kappa shape index (κ2) is 4.86. The third-order valence-electron chi connectivity index (χ3n) is 2.99. The van der Waals surface area contributed by atoms with E-state index in [9.17, 15) is 0 Å². The van der Waals surface area contributed by atoms with Crippen molar-refractivity contribution < 1.29 is 0 Å². The van der Waals surface area contributed by atoms with Gasteiger partial charge >= 0.3 is 0 Å². The Morgan fingerprint density at radius 2 is 1.72 bits per heavy atom. The monoisotopic (exact) mass is 254 g/mol. The summed E-state index contributed by atoms with van der Waals surface area (Å²) in [5, 5.41) is 0. The van der Waals surface area contributed by atoms with Crippen LogP contribution in [0.1, 0.15) is 5.82 Å². The number of rotatable bonds is 3. The summed E-state index contributed by atoms with van der Waals surface area (Å²) in [6.07, 6.45) is 0. The topological polar surface area (TPSA) is 17.8 Å². The van der Waals surface area contributed by atoms with Crippen molar-refractivity contribution in [1.82, 2.24) is 9.55 Å². The van der Waals surface area contributed by atoms with Gasteiger partial charge in [0.2, 0.25) is 0 Å². The Morgan fingerprint density at radius 3 is 2.50 bits per heavy atom. The minimum absolute atomic E-state index is 0.898. The molecule has 1 aromatic heterocycles. The van der Waals surface area contributed by atoms with E-state index in [0.717, 1.165) is 17.1 Å². The van der Waals surface area contributed by atoms with Gasteiger partial charge in [-0.05, 0) is 24.3 Å². The molecule has 2 aromatic carbocycles. The SMILES string of the molecule is Cn1c(CSc2ccccc2)nc2ccccc21. The summed E-state index contributed by atoms with van der Waals surface area (Å²) in [6.45, 7) is 0. The fourth-order valence-corrected chi connectivity index (χ4v) is 2.89. The number of fused-ring (bicyclic) bond motifs is 1. The Kier molecular flexibility index (Phi) is 3.07. The fraction of sp³-hybridized carbons (Fsp3) is 0.133. The van der Waals surface area contributed by atoms with E-state index in [1.165, 1.54) is 10.4 Å². The Hall–Kier alpha value is -1.74. The number of benzene rings is 2. The van der Waals surface area contributed by atoms with Crippen molar-refractivity contribution in [2.75, 3.05) is 0 Å². The molecular weight excluding hydrogens is 240 g/mol. The number of hydrogen-bond acceptors (Lipinski definition) is 2. The highest BCUT2D eigenvalue weighted by Gasteiger charge is 2.06. The van der Waals surface area contributed by atoms with Gasteiger partial charge in [-0.25, -0.2) is 4.98 Å². The lowest BCUT2D eigenvalue weighted by Gasteiger charge is -2.02. The van der Waals surface area contributed by atoms with E-state index in [-0.39, 0.29) is 0 Å². The molecular formula is C15H14N2S. The van der Waals surface area contributed by atoms with E-state index >= 15 is 0 Å². The molecule has 3 aromatic rings.